The van der Waals surface area contributed by atoms with Crippen molar-refractivity contribution in [3.8, 4) is 0 Å². The van der Waals surface area contributed by atoms with Crippen LogP contribution in [0, 0.1) is 0 Å². The Morgan fingerprint density at radius 1 is 1.23 bits per heavy atom. The van der Waals surface area contributed by atoms with Crippen LogP contribution >= 0.6 is 0 Å². The summed E-state index contributed by atoms with van der Waals surface area (Å²) in [4.78, 5) is 11.9. The third kappa shape index (κ3) is 8.56. The summed E-state index contributed by atoms with van der Waals surface area (Å²) < 4.78 is 11.4. The first-order valence-electron chi connectivity index (χ1n) is 7.69. The number of hydrogen-bond acceptors (Lipinski definition) is 4. The van der Waals surface area contributed by atoms with Crippen molar-refractivity contribution in [2.45, 2.75) is 71.3 Å². The van der Waals surface area contributed by atoms with E-state index in [-0.39, 0.29) is 17.7 Å². The van der Waals surface area contributed by atoms with Gasteiger partial charge in [-0.25, -0.2) is 4.79 Å². The topological polar surface area (TPSA) is 67.8 Å². The normalized spacial score (nSPS) is 15.0. The van der Waals surface area contributed by atoms with E-state index in [4.69, 9.17) is 14.3 Å². The molecule has 0 radical (unpaired) electrons. The van der Waals surface area contributed by atoms with Gasteiger partial charge in [0.2, 0.25) is 0 Å². The van der Waals surface area contributed by atoms with Crippen LogP contribution in [-0.2, 0) is 9.16 Å². The molecule has 2 N–H and O–H groups in total. The van der Waals surface area contributed by atoms with E-state index in [9.17, 15) is 4.79 Å². The van der Waals surface area contributed by atoms with Crippen LogP contribution in [0.2, 0.25) is 18.1 Å². The zero-order chi connectivity index (χ0) is 17.6. The van der Waals surface area contributed by atoms with Crippen molar-refractivity contribution in [3.63, 3.8) is 0 Å². The Morgan fingerprint density at radius 2 is 1.77 bits per heavy atom. The second kappa shape index (κ2) is 8.13. The van der Waals surface area contributed by atoms with Gasteiger partial charge in [-0.05, 0) is 38.9 Å². The molecule has 0 aromatic heterocycles. The quantitative estimate of drug-likeness (QED) is 0.578. The van der Waals surface area contributed by atoms with Crippen molar-refractivity contribution in [1.82, 2.24) is 5.32 Å². The lowest BCUT2D eigenvalue weighted by molar-refractivity contribution is 0.0499. The Morgan fingerprint density at radius 3 is 2.18 bits per heavy atom. The van der Waals surface area contributed by atoms with Gasteiger partial charge < -0.3 is 19.6 Å². The third-order valence-electron chi connectivity index (χ3n) is 3.61. The Labute approximate surface area is 136 Å². The van der Waals surface area contributed by atoms with Gasteiger partial charge in [-0.3, -0.25) is 0 Å². The van der Waals surface area contributed by atoms with Gasteiger partial charge >= 0.3 is 6.09 Å². The Hall–Kier alpha value is -0.853. The average Bonchev–Trinajstić information content (AvgIpc) is 2.28. The van der Waals surface area contributed by atoms with Crippen LogP contribution in [0.4, 0.5) is 4.79 Å². The van der Waals surface area contributed by atoms with Gasteiger partial charge in [0.05, 0.1) is 19.3 Å². The lowest BCUT2D eigenvalue weighted by Gasteiger charge is -2.37. The second-order valence-corrected chi connectivity index (χ2v) is 12.7. The van der Waals surface area contributed by atoms with Crippen LogP contribution in [0.1, 0.15) is 41.5 Å². The highest BCUT2D eigenvalue weighted by Gasteiger charge is 2.37. The van der Waals surface area contributed by atoms with E-state index in [0.717, 1.165) is 0 Å². The average molecular weight is 332 g/mol. The Bertz CT molecular complexity index is 381. The zero-order valence-electron chi connectivity index (χ0n) is 15.3. The van der Waals surface area contributed by atoms with E-state index in [1.54, 1.807) is 12.2 Å². The molecule has 0 saturated carbocycles. The summed E-state index contributed by atoms with van der Waals surface area (Å²) in [6, 6.07) is -0.323. The molecule has 0 aromatic carbocycles. The number of carbonyl (C=O) groups excluding carboxylic acids is 1. The second-order valence-electron chi connectivity index (χ2n) is 7.93. The maximum Gasteiger partial charge on any atom is 0.408 e. The first-order chi connectivity index (χ1) is 9.78. The van der Waals surface area contributed by atoms with E-state index in [1.807, 2.05) is 20.8 Å². The van der Waals surface area contributed by atoms with Gasteiger partial charge in [0.1, 0.15) is 5.60 Å². The standard InChI is InChI=1S/C16H33NO4Si/c1-15(2,3)21-14(19)17-13(10-9-11-18)12-20-22(7,8)16(4,5)6/h9-10,13,18H,11-12H2,1-8H3,(H,17,19)/b10-9-. The molecule has 0 fully saturated rings. The first-order valence-corrected chi connectivity index (χ1v) is 10.6. The van der Waals surface area contributed by atoms with E-state index >= 15 is 0 Å². The van der Waals surface area contributed by atoms with Gasteiger partial charge in [-0.15, -0.1) is 0 Å². The number of ether oxygens (including phenoxy) is 1. The van der Waals surface area contributed by atoms with Crippen LogP contribution in [-0.4, -0.2) is 44.4 Å². The molecule has 0 bridgehead atoms. The highest BCUT2D eigenvalue weighted by Crippen LogP contribution is 2.36. The van der Waals surface area contributed by atoms with Crippen molar-refractivity contribution in [1.29, 1.82) is 0 Å². The van der Waals surface area contributed by atoms with Crippen molar-refractivity contribution < 1.29 is 19.1 Å². The molecule has 0 aliphatic heterocycles. The maximum atomic E-state index is 11.9. The fraction of sp³-hybridized carbons (Fsp3) is 0.812. The molecule has 130 valence electrons. The highest BCUT2D eigenvalue weighted by molar-refractivity contribution is 6.74. The SMILES string of the molecule is CC(C)(C)OC(=O)NC(/C=C\CO)CO[Si](C)(C)C(C)(C)C. The third-order valence-corrected chi connectivity index (χ3v) is 8.11. The first kappa shape index (κ1) is 21.1. The number of aliphatic hydroxyl groups excluding tert-OH is 1. The van der Waals surface area contributed by atoms with Gasteiger partial charge in [0, 0.05) is 0 Å². The molecule has 0 heterocycles. The Balaban J connectivity index is 4.73. The highest BCUT2D eigenvalue weighted by atomic mass is 28.4. The van der Waals surface area contributed by atoms with Crippen LogP contribution < -0.4 is 5.32 Å². The zero-order valence-corrected chi connectivity index (χ0v) is 16.3. The van der Waals surface area contributed by atoms with Gasteiger partial charge in [-0.2, -0.15) is 0 Å². The summed E-state index contributed by atoms with van der Waals surface area (Å²) in [7, 11) is -1.89. The molecular formula is C16H33NO4Si. The summed E-state index contributed by atoms with van der Waals surface area (Å²) >= 11 is 0. The number of aliphatic hydroxyl groups is 1. The van der Waals surface area contributed by atoms with E-state index in [2.05, 4.69) is 39.2 Å². The number of carbonyl (C=O) groups is 1. The van der Waals surface area contributed by atoms with Crippen molar-refractivity contribution in [3.05, 3.63) is 12.2 Å². The summed E-state index contributed by atoms with van der Waals surface area (Å²) in [5.74, 6) is 0. The van der Waals surface area contributed by atoms with E-state index in [0.29, 0.717) is 6.61 Å². The molecule has 0 aliphatic carbocycles. The maximum absolute atomic E-state index is 11.9. The minimum atomic E-state index is -1.89. The number of nitrogens with one attached hydrogen (secondary N) is 1. The van der Waals surface area contributed by atoms with Crippen LogP contribution in [0.3, 0.4) is 0 Å². The summed E-state index contributed by atoms with van der Waals surface area (Å²) in [5, 5.41) is 11.8. The molecule has 0 saturated heterocycles. The molecule has 6 heteroatoms. The molecule has 0 rings (SSSR count). The van der Waals surface area contributed by atoms with Crippen LogP contribution in [0.15, 0.2) is 12.2 Å². The van der Waals surface area contributed by atoms with Crippen molar-refractivity contribution in [2.75, 3.05) is 13.2 Å². The molecule has 0 aromatic rings. The predicted molar refractivity (Wildman–Crippen MR) is 92.5 cm³/mol. The smallest absolute Gasteiger partial charge is 0.408 e. The Kier molecular flexibility index (Phi) is 7.81. The number of hydrogen-bond donors (Lipinski definition) is 2. The minimum absolute atomic E-state index is 0.0768. The number of amides is 1. The number of alkyl carbamates (subject to hydrolysis) is 1. The van der Waals surface area contributed by atoms with Crippen molar-refractivity contribution in [2.24, 2.45) is 0 Å². The molecule has 0 aliphatic rings. The van der Waals surface area contributed by atoms with Gasteiger partial charge in [0.25, 0.3) is 0 Å². The lowest BCUT2D eigenvalue weighted by atomic mass is 10.2. The fourth-order valence-corrected chi connectivity index (χ4v) is 2.37. The van der Waals surface area contributed by atoms with Crippen LogP contribution in [0.5, 0.6) is 0 Å². The number of rotatable bonds is 6. The van der Waals surface area contributed by atoms with Crippen molar-refractivity contribution >= 4 is 14.4 Å². The van der Waals surface area contributed by atoms with Gasteiger partial charge in [0.15, 0.2) is 8.32 Å². The fourth-order valence-electron chi connectivity index (χ4n) is 1.34. The van der Waals surface area contributed by atoms with Gasteiger partial charge in [-0.1, -0.05) is 32.9 Å². The van der Waals surface area contributed by atoms with Crippen LogP contribution in [0.25, 0.3) is 0 Å². The molecule has 1 amide bonds. The largest absolute Gasteiger partial charge is 0.444 e. The van der Waals surface area contributed by atoms with E-state index < -0.39 is 20.0 Å². The summed E-state index contributed by atoms with van der Waals surface area (Å²) in [6.07, 6.45) is 2.84. The molecule has 1 atom stereocenters. The molecule has 5 nitrogen and oxygen atoms in total. The minimum Gasteiger partial charge on any atom is -0.444 e. The van der Waals surface area contributed by atoms with E-state index in [1.165, 1.54) is 0 Å². The molecule has 22 heavy (non-hydrogen) atoms. The molecular weight excluding hydrogens is 298 g/mol. The monoisotopic (exact) mass is 331 g/mol. The predicted octanol–water partition coefficient (Wildman–Crippen LogP) is 3.45. The molecule has 1 unspecified atom stereocenters. The lowest BCUT2D eigenvalue weighted by Crippen LogP contribution is -2.46. The molecule has 0 spiro atoms. The summed E-state index contributed by atoms with van der Waals surface area (Å²) in [6.45, 7) is 16.6. The summed E-state index contributed by atoms with van der Waals surface area (Å²) in [5.41, 5.74) is -0.546.